The van der Waals surface area contributed by atoms with Gasteiger partial charge in [-0.15, -0.1) is 10.2 Å². The highest BCUT2D eigenvalue weighted by Gasteiger charge is 2.13. The predicted octanol–water partition coefficient (Wildman–Crippen LogP) is 5.66. The Morgan fingerprint density at radius 1 is 1.00 bits per heavy atom. The summed E-state index contributed by atoms with van der Waals surface area (Å²) < 4.78 is 17.3. The lowest BCUT2D eigenvalue weighted by molar-refractivity contribution is 0.311. The maximum absolute atomic E-state index is 5.55. The highest BCUT2D eigenvalue weighted by Crippen LogP contribution is 2.32. The van der Waals surface area contributed by atoms with Crippen LogP contribution in [0.15, 0.2) is 68.6 Å². The van der Waals surface area contributed by atoms with Gasteiger partial charge in [-0.1, -0.05) is 45.0 Å². The van der Waals surface area contributed by atoms with Gasteiger partial charge in [0.25, 0.3) is 0 Å². The molecule has 158 valence electrons. The zero-order valence-electron chi connectivity index (χ0n) is 16.9. The number of benzene rings is 2. The number of halogens is 1. The highest BCUT2D eigenvalue weighted by atomic mass is 79.9. The van der Waals surface area contributed by atoms with E-state index in [4.69, 9.17) is 14.0 Å². The summed E-state index contributed by atoms with van der Waals surface area (Å²) in [5.41, 5.74) is 2.61. The fraction of sp³-hybridized carbons (Fsp3) is 0.182. The van der Waals surface area contributed by atoms with E-state index in [0.717, 1.165) is 26.3 Å². The smallest absolute Gasteiger partial charge is 0.237 e. The molecular weight excluding hydrogens is 480 g/mol. The minimum absolute atomic E-state index is 0.492. The lowest BCUT2D eigenvalue weighted by Gasteiger charge is -2.09. The van der Waals surface area contributed by atoms with Crippen LogP contribution < -0.4 is 9.47 Å². The minimum Gasteiger partial charge on any atom is -0.493 e. The zero-order valence-corrected chi connectivity index (χ0v) is 19.3. The highest BCUT2D eigenvalue weighted by molar-refractivity contribution is 9.10. The van der Waals surface area contributed by atoms with E-state index in [0.29, 0.717) is 35.6 Å². The lowest BCUT2D eigenvalue weighted by atomic mass is 10.1. The molecule has 7 nitrogen and oxygen atoms in total. The van der Waals surface area contributed by atoms with Gasteiger partial charge in [-0.25, -0.2) is 0 Å². The molecule has 4 aromatic rings. The number of hydrogen-bond donors (Lipinski definition) is 0. The Hall–Kier alpha value is -2.91. The summed E-state index contributed by atoms with van der Waals surface area (Å²) in [4.78, 5) is 4.47. The molecule has 0 N–H and O–H groups in total. The summed E-state index contributed by atoms with van der Waals surface area (Å²) in [6.07, 6.45) is 0. The van der Waals surface area contributed by atoms with E-state index in [2.05, 4.69) is 36.3 Å². The first-order valence-corrected chi connectivity index (χ1v) is 11.3. The standard InChI is InChI=1S/C22H19BrN4O3S/c1-3-29-18-9-7-15(12-19(18)28-2)22-24-20(30-27-22)13-31-21-10-8-17(25-26-21)14-5-4-6-16(23)11-14/h4-12H,3,13H2,1-2H3. The van der Waals surface area contributed by atoms with E-state index in [9.17, 15) is 0 Å². The molecule has 2 aromatic heterocycles. The minimum atomic E-state index is 0.492. The van der Waals surface area contributed by atoms with Gasteiger partial charge in [-0.2, -0.15) is 4.98 Å². The molecule has 0 fully saturated rings. The largest absolute Gasteiger partial charge is 0.493 e. The van der Waals surface area contributed by atoms with Crippen molar-refractivity contribution in [2.75, 3.05) is 13.7 Å². The summed E-state index contributed by atoms with van der Waals surface area (Å²) in [6.45, 7) is 2.49. The molecule has 0 aliphatic carbocycles. The van der Waals surface area contributed by atoms with Crippen molar-refractivity contribution >= 4 is 27.7 Å². The molecule has 31 heavy (non-hydrogen) atoms. The molecule has 4 rings (SSSR count). The molecule has 0 amide bonds. The van der Waals surface area contributed by atoms with Crippen LogP contribution in [0.3, 0.4) is 0 Å². The Kier molecular flexibility index (Phi) is 6.83. The van der Waals surface area contributed by atoms with E-state index in [1.165, 1.54) is 11.8 Å². The van der Waals surface area contributed by atoms with Crippen LogP contribution in [0.1, 0.15) is 12.8 Å². The van der Waals surface area contributed by atoms with E-state index in [-0.39, 0.29) is 0 Å². The second kappa shape index (κ2) is 9.93. The molecule has 2 heterocycles. The van der Waals surface area contributed by atoms with Crippen LogP contribution in [0, 0.1) is 0 Å². The van der Waals surface area contributed by atoms with Crippen LogP contribution >= 0.6 is 27.7 Å². The average Bonchev–Trinajstić information content (AvgIpc) is 3.27. The summed E-state index contributed by atoms with van der Waals surface area (Å²) in [5, 5.41) is 13.5. The van der Waals surface area contributed by atoms with Crippen molar-refractivity contribution in [1.29, 1.82) is 0 Å². The topological polar surface area (TPSA) is 83.2 Å². The van der Waals surface area contributed by atoms with Crippen LogP contribution in [0.2, 0.25) is 0 Å². The van der Waals surface area contributed by atoms with E-state index in [1.807, 2.05) is 61.5 Å². The summed E-state index contributed by atoms with van der Waals surface area (Å²) in [6, 6.07) is 17.4. The predicted molar refractivity (Wildman–Crippen MR) is 122 cm³/mol. The summed E-state index contributed by atoms with van der Waals surface area (Å²) in [7, 11) is 1.60. The molecule has 2 aromatic carbocycles. The first kappa shape index (κ1) is 21.3. The number of thioether (sulfide) groups is 1. The zero-order chi connectivity index (χ0) is 21.6. The van der Waals surface area contributed by atoms with Crippen molar-refractivity contribution < 1.29 is 14.0 Å². The number of aromatic nitrogens is 4. The molecule has 0 bridgehead atoms. The Labute approximate surface area is 192 Å². The van der Waals surface area contributed by atoms with E-state index < -0.39 is 0 Å². The molecule has 0 atom stereocenters. The number of nitrogens with zero attached hydrogens (tertiary/aromatic N) is 4. The Morgan fingerprint density at radius 3 is 2.65 bits per heavy atom. The van der Waals surface area contributed by atoms with Gasteiger partial charge in [0.1, 0.15) is 5.03 Å². The third-order valence-electron chi connectivity index (χ3n) is 4.29. The van der Waals surface area contributed by atoms with E-state index >= 15 is 0 Å². The second-order valence-corrected chi connectivity index (χ2v) is 8.28. The Balaban J connectivity index is 1.41. The van der Waals surface area contributed by atoms with Crippen LogP contribution in [0.25, 0.3) is 22.6 Å². The van der Waals surface area contributed by atoms with Crippen molar-refractivity contribution in [2.45, 2.75) is 17.7 Å². The van der Waals surface area contributed by atoms with Gasteiger partial charge >= 0.3 is 0 Å². The quantitative estimate of drug-likeness (QED) is 0.288. The van der Waals surface area contributed by atoms with Gasteiger partial charge < -0.3 is 14.0 Å². The van der Waals surface area contributed by atoms with Crippen molar-refractivity contribution in [3.05, 3.63) is 65.0 Å². The van der Waals surface area contributed by atoms with Gasteiger partial charge in [0.2, 0.25) is 11.7 Å². The van der Waals surface area contributed by atoms with Crippen LogP contribution in [0.4, 0.5) is 0 Å². The second-order valence-electron chi connectivity index (χ2n) is 6.37. The third-order valence-corrected chi connectivity index (χ3v) is 5.69. The van der Waals surface area contributed by atoms with Gasteiger partial charge in [-0.05, 0) is 49.4 Å². The van der Waals surface area contributed by atoms with Gasteiger partial charge in [0, 0.05) is 15.6 Å². The normalized spacial score (nSPS) is 10.8. The lowest BCUT2D eigenvalue weighted by Crippen LogP contribution is -1.95. The molecule has 0 aliphatic rings. The monoisotopic (exact) mass is 498 g/mol. The molecule has 0 spiro atoms. The Morgan fingerprint density at radius 2 is 1.90 bits per heavy atom. The number of ether oxygens (including phenoxy) is 2. The number of rotatable bonds is 8. The maximum atomic E-state index is 5.55. The number of methoxy groups -OCH3 is 1. The van der Waals surface area contributed by atoms with E-state index in [1.54, 1.807) is 7.11 Å². The van der Waals surface area contributed by atoms with Crippen LogP contribution in [-0.4, -0.2) is 34.1 Å². The first-order chi connectivity index (χ1) is 15.2. The fourth-order valence-corrected chi connectivity index (χ4v) is 3.90. The Bertz CT molecular complexity index is 1170. The fourth-order valence-electron chi connectivity index (χ4n) is 2.85. The van der Waals surface area contributed by atoms with Crippen molar-refractivity contribution in [3.63, 3.8) is 0 Å². The van der Waals surface area contributed by atoms with Crippen molar-refractivity contribution in [2.24, 2.45) is 0 Å². The average molecular weight is 499 g/mol. The third kappa shape index (κ3) is 5.23. The summed E-state index contributed by atoms with van der Waals surface area (Å²) >= 11 is 4.96. The number of hydrogen-bond acceptors (Lipinski definition) is 8. The van der Waals surface area contributed by atoms with Gasteiger partial charge in [0.05, 0.1) is 25.2 Å². The van der Waals surface area contributed by atoms with Crippen LogP contribution in [-0.2, 0) is 5.75 Å². The van der Waals surface area contributed by atoms with Crippen molar-refractivity contribution in [1.82, 2.24) is 20.3 Å². The van der Waals surface area contributed by atoms with Crippen LogP contribution in [0.5, 0.6) is 11.5 Å². The molecule has 0 aliphatic heterocycles. The first-order valence-electron chi connectivity index (χ1n) is 9.52. The van der Waals surface area contributed by atoms with Crippen molar-refractivity contribution in [3.8, 4) is 34.1 Å². The molecule has 0 radical (unpaired) electrons. The maximum Gasteiger partial charge on any atom is 0.237 e. The van der Waals surface area contributed by atoms with Gasteiger partial charge in [-0.3, -0.25) is 0 Å². The molecule has 0 saturated carbocycles. The molecule has 9 heteroatoms. The van der Waals surface area contributed by atoms with Gasteiger partial charge in [0.15, 0.2) is 11.5 Å². The SMILES string of the molecule is CCOc1ccc(-c2noc(CSc3ccc(-c4cccc(Br)c4)nn3)n2)cc1OC. The summed E-state index contributed by atoms with van der Waals surface area (Å²) in [5.74, 6) is 2.80. The molecular formula is C22H19BrN4O3S. The molecule has 0 unspecified atom stereocenters. The molecule has 0 saturated heterocycles.